The van der Waals surface area contributed by atoms with Gasteiger partial charge in [0, 0.05) is 5.56 Å². The molecule has 1 aliphatic rings. The van der Waals surface area contributed by atoms with Gasteiger partial charge in [-0.25, -0.2) is 0 Å². The lowest BCUT2D eigenvalue weighted by atomic mass is 9.89. The molecule has 1 aromatic carbocycles. The zero-order chi connectivity index (χ0) is 12.3. The Hall–Kier alpha value is -1.02. The average molecular weight is 233 g/mol. The second-order valence-corrected chi connectivity index (χ2v) is 5.02. The summed E-state index contributed by atoms with van der Waals surface area (Å²) in [5, 5.41) is 0. The smallest absolute Gasteiger partial charge is 0.122 e. The molecule has 2 heteroatoms. The van der Waals surface area contributed by atoms with Crippen molar-refractivity contribution < 1.29 is 4.74 Å². The molecule has 0 saturated heterocycles. The number of hydrogen-bond donors (Lipinski definition) is 1. The van der Waals surface area contributed by atoms with Gasteiger partial charge in [-0.15, -0.1) is 0 Å². The summed E-state index contributed by atoms with van der Waals surface area (Å²) in [4.78, 5) is 0. The molecule has 2 N–H and O–H groups in total. The summed E-state index contributed by atoms with van der Waals surface area (Å²) < 4.78 is 5.52. The Morgan fingerprint density at radius 3 is 2.71 bits per heavy atom. The highest BCUT2D eigenvalue weighted by Crippen LogP contribution is 2.35. The van der Waals surface area contributed by atoms with Gasteiger partial charge >= 0.3 is 0 Å². The van der Waals surface area contributed by atoms with Crippen LogP contribution in [0.25, 0.3) is 0 Å². The van der Waals surface area contributed by atoms with Gasteiger partial charge in [-0.3, -0.25) is 0 Å². The molecule has 0 aliphatic heterocycles. The van der Waals surface area contributed by atoms with Crippen molar-refractivity contribution >= 4 is 0 Å². The fourth-order valence-electron chi connectivity index (χ4n) is 2.85. The molecule has 0 aromatic heterocycles. The lowest BCUT2D eigenvalue weighted by molar-refractivity contribution is 0.405. The number of fused-ring (bicyclic) bond motifs is 1. The summed E-state index contributed by atoms with van der Waals surface area (Å²) in [6.07, 6.45) is 6.35. The monoisotopic (exact) mass is 233 g/mol. The first-order chi connectivity index (χ1) is 8.27. The van der Waals surface area contributed by atoms with E-state index in [4.69, 9.17) is 10.5 Å². The topological polar surface area (TPSA) is 35.2 Å². The summed E-state index contributed by atoms with van der Waals surface area (Å²) in [6.45, 7) is 2.88. The highest BCUT2D eigenvalue weighted by atomic mass is 16.5. The van der Waals surface area contributed by atoms with Gasteiger partial charge in [0.15, 0.2) is 0 Å². The van der Waals surface area contributed by atoms with Crippen molar-refractivity contribution in [2.45, 2.75) is 44.9 Å². The highest BCUT2D eigenvalue weighted by Gasteiger charge is 2.19. The van der Waals surface area contributed by atoms with E-state index in [1.165, 1.54) is 48.8 Å². The molecule has 0 radical (unpaired) electrons. The van der Waals surface area contributed by atoms with Crippen LogP contribution in [-0.4, -0.2) is 13.7 Å². The largest absolute Gasteiger partial charge is 0.496 e. The number of nitrogens with two attached hydrogens (primary N) is 1. The number of aryl methyl sites for hydroxylation is 1. The summed E-state index contributed by atoms with van der Waals surface area (Å²) in [5.74, 6) is 1.40. The van der Waals surface area contributed by atoms with E-state index in [0.29, 0.717) is 12.5 Å². The van der Waals surface area contributed by atoms with Gasteiger partial charge < -0.3 is 10.5 Å². The minimum Gasteiger partial charge on any atom is -0.496 e. The number of methoxy groups -OCH3 is 1. The van der Waals surface area contributed by atoms with Crippen LogP contribution in [-0.2, 0) is 12.8 Å². The van der Waals surface area contributed by atoms with Gasteiger partial charge in [0.1, 0.15) is 5.75 Å². The molecule has 1 aromatic rings. The van der Waals surface area contributed by atoms with Crippen LogP contribution in [0, 0.1) is 0 Å². The third kappa shape index (κ3) is 2.47. The molecule has 17 heavy (non-hydrogen) atoms. The third-order valence-corrected chi connectivity index (χ3v) is 3.85. The van der Waals surface area contributed by atoms with E-state index in [1.807, 2.05) is 0 Å². The molecule has 0 fully saturated rings. The van der Waals surface area contributed by atoms with E-state index >= 15 is 0 Å². The van der Waals surface area contributed by atoms with Crippen molar-refractivity contribution in [3.05, 3.63) is 28.8 Å². The van der Waals surface area contributed by atoms with E-state index in [0.717, 1.165) is 5.75 Å². The number of ether oxygens (including phenoxy) is 1. The maximum absolute atomic E-state index is 5.84. The van der Waals surface area contributed by atoms with Gasteiger partial charge in [-0.1, -0.05) is 19.4 Å². The Morgan fingerprint density at radius 2 is 2.00 bits per heavy atom. The first-order valence-corrected chi connectivity index (χ1v) is 6.66. The number of benzene rings is 1. The maximum atomic E-state index is 5.84. The third-order valence-electron chi connectivity index (χ3n) is 3.85. The molecular formula is C15H23NO. The molecule has 0 spiro atoms. The van der Waals surface area contributed by atoms with Crippen molar-refractivity contribution in [2.24, 2.45) is 5.73 Å². The molecule has 0 heterocycles. The molecule has 1 atom stereocenters. The normalized spacial score (nSPS) is 17.1. The zero-order valence-electron chi connectivity index (χ0n) is 11.0. The minimum atomic E-state index is 0.387. The molecular weight excluding hydrogens is 210 g/mol. The Labute approximate surface area is 104 Å². The number of hydrogen-bond acceptors (Lipinski definition) is 2. The second-order valence-electron chi connectivity index (χ2n) is 5.02. The van der Waals surface area contributed by atoms with E-state index in [1.54, 1.807) is 7.11 Å². The Kier molecular flexibility index (Phi) is 4.06. The molecule has 1 unspecified atom stereocenters. The summed E-state index contributed by atoms with van der Waals surface area (Å²) in [5.41, 5.74) is 10.2. The maximum Gasteiger partial charge on any atom is 0.122 e. The van der Waals surface area contributed by atoms with Crippen LogP contribution in [0.3, 0.4) is 0 Å². The van der Waals surface area contributed by atoms with Gasteiger partial charge in [0.2, 0.25) is 0 Å². The van der Waals surface area contributed by atoms with Crippen molar-refractivity contribution in [2.75, 3.05) is 13.7 Å². The molecule has 0 saturated carbocycles. The molecule has 2 rings (SSSR count). The second kappa shape index (κ2) is 5.54. The molecule has 0 bridgehead atoms. The Bertz CT molecular complexity index is 387. The summed E-state index contributed by atoms with van der Waals surface area (Å²) in [6, 6.07) is 4.36. The van der Waals surface area contributed by atoms with Crippen molar-refractivity contribution in [1.29, 1.82) is 0 Å². The lowest BCUT2D eigenvalue weighted by Gasteiger charge is -2.20. The van der Waals surface area contributed by atoms with Crippen LogP contribution in [0.4, 0.5) is 0 Å². The van der Waals surface area contributed by atoms with Crippen LogP contribution in [0.2, 0.25) is 0 Å². The summed E-state index contributed by atoms with van der Waals surface area (Å²) >= 11 is 0. The number of rotatable bonds is 3. The van der Waals surface area contributed by atoms with E-state index in [2.05, 4.69) is 19.1 Å². The zero-order valence-corrected chi connectivity index (χ0v) is 11.0. The highest BCUT2D eigenvalue weighted by molar-refractivity contribution is 5.48. The minimum absolute atomic E-state index is 0.387. The van der Waals surface area contributed by atoms with Crippen LogP contribution < -0.4 is 10.5 Å². The molecule has 2 nitrogen and oxygen atoms in total. The lowest BCUT2D eigenvalue weighted by Crippen LogP contribution is -2.13. The quantitative estimate of drug-likeness (QED) is 0.814. The first-order valence-electron chi connectivity index (χ1n) is 6.66. The van der Waals surface area contributed by atoms with Gasteiger partial charge in [0.25, 0.3) is 0 Å². The predicted molar refractivity (Wildman–Crippen MR) is 71.7 cm³/mol. The summed E-state index contributed by atoms with van der Waals surface area (Å²) in [7, 11) is 1.76. The fourth-order valence-corrected chi connectivity index (χ4v) is 2.85. The van der Waals surface area contributed by atoms with E-state index < -0.39 is 0 Å². The van der Waals surface area contributed by atoms with E-state index in [9.17, 15) is 0 Å². The first kappa shape index (κ1) is 12.4. The van der Waals surface area contributed by atoms with Crippen molar-refractivity contribution in [3.63, 3.8) is 0 Å². The van der Waals surface area contributed by atoms with Gasteiger partial charge in [-0.05, 0) is 55.3 Å². The fraction of sp³-hybridized carbons (Fsp3) is 0.600. The average Bonchev–Trinajstić information content (AvgIpc) is 2.61. The standard InChI is InChI=1S/C15H23NO/c1-11(10-16)15-13-7-5-3-4-6-12(13)8-9-14(15)17-2/h8-9,11H,3-7,10,16H2,1-2H3. The molecule has 1 aliphatic carbocycles. The van der Waals surface area contributed by atoms with Crippen LogP contribution in [0.5, 0.6) is 5.75 Å². The van der Waals surface area contributed by atoms with E-state index in [-0.39, 0.29) is 0 Å². The SMILES string of the molecule is COc1ccc2c(c1C(C)CN)CCCCC2. The van der Waals surface area contributed by atoms with Gasteiger partial charge in [-0.2, -0.15) is 0 Å². The molecule has 0 amide bonds. The Morgan fingerprint density at radius 1 is 1.24 bits per heavy atom. The van der Waals surface area contributed by atoms with Crippen LogP contribution in [0.1, 0.15) is 48.8 Å². The Balaban J connectivity index is 2.50. The van der Waals surface area contributed by atoms with Crippen LogP contribution >= 0.6 is 0 Å². The van der Waals surface area contributed by atoms with Gasteiger partial charge in [0.05, 0.1) is 7.11 Å². The van der Waals surface area contributed by atoms with Crippen molar-refractivity contribution in [3.8, 4) is 5.75 Å². The van der Waals surface area contributed by atoms with Crippen molar-refractivity contribution in [1.82, 2.24) is 0 Å². The molecule has 94 valence electrons. The van der Waals surface area contributed by atoms with Crippen LogP contribution in [0.15, 0.2) is 12.1 Å². The predicted octanol–water partition coefficient (Wildman–Crippen LogP) is 3.03.